The average Bonchev–Trinajstić information content (AvgIpc) is 2.14. The van der Waals surface area contributed by atoms with Crippen LogP contribution in [0.4, 0.5) is 18.9 Å². The number of esters is 1. The van der Waals surface area contributed by atoms with Gasteiger partial charge < -0.3 is 10.5 Å². The number of methoxy groups -OCH3 is 1. The Bertz CT molecular complexity index is 387. The van der Waals surface area contributed by atoms with Gasteiger partial charge in [-0.1, -0.05) is 0 Å². The Balaban J connectivity index is 3.15. The summed E-state index contributed by atoms with van der Waals surface area (Å²) in [4.78, 5) is 11.0. The lowest BCUT2D eigenvalue weighted by Crippen LogP contribution is -2.10. The van der Waals surface area contributed by atoms with E-state index in [0.717, 1.165) is 25.3 Å². The van der Waals surface area contributed by atoms with E-state index in [2.05, 4.69) is 4.74 Å². The lowest BCUT2D eigenvalue weighted by molar-refractivity contribution is -0.136. The Morgan fingerprint density at radius 3 is 2.40 bits per heavy atom. The third-order valence-electron chi connectivity index (χ3n) is 1.78. The van der Waals surface area contributed by atoms with Crippen LogP contribution >= 0.6 is 0 Å². The van der Waals surface area contributed by atoms with Gasteiger partial charge in [-0.3, -0.25) is 0 Å². The van der Waals surface area contributed by atoms with E-state index >= 15 is 0 Å². The second-order valence-corrected chi connectivity index (χ2v) is 2.79. The minimum atomic E-state index is -4.52. The summed E-state index contributed by atoms with van der Waals surface area (Å²) in [5.74, 6) is -0.726. The van der Waals surface area contributed by atoms with Crippen molar-refractivity contribution in [3.05, 3.63) is 29.3 Å². The molecule has 0 aliphatic rings. The zero-order valence-electron chi connectivity index (χ0n) is 7.76. The van der Waals surface area contributed by atoms with Crippen LogP contribution in [-0.2, 0) is 10.9 Å². The lowest BCUT2D eigenvalue weighted by atomic mass is 10.1. The molecular formula is C9H8F3NO2. The number of rotatable bonds is 1. The standard InChI is InChI=1S/C9H8F3NO2/c1-15-8(14)5-2-3-6(7(13)4-5)9(10,11)12/h2-4H,13H2,1H3. The highest BCUT2D eigenvalue weighted by Gasteiger charge is 2.33. The van der Waals surface area contributed by atoms with Crippen LogP contribution in [0, 0.1) is 0 Å². The summed E-state index contributed by atoms with van der Waals surface area (Å²) in [7, 11) is 1.14. The van der Waals surface area contributed by atoms with Crippen molar-refractivity contribution in [2.45, 2.75) is 6.18 Å². The van der Waals surface area contributed by atoms with Gasteiger partial charge in [0.15, 0.2) is 0 Å². The Morgan fingerprint density at radius 2 is 2.00 bits per heavy atom. The molecule has 0 aliphatic carbocycles. The number of alkyl halides is 3. The van der Waals surface area contributed by atoms with E-state index in [-0.39, 0.29) is 5.56 Å². The number of halogens is 3. The van der Waals surface area contributed by atoms with Crippen LogP contribution in [0.1, 0.15) is 15.9 Å². The normalized spacial score (nSPS) is 11.2. The summed E-state index contributed by atoms with van der Waals surface area (Å²) < 4.78 is 41.1. The third kappa shape index (κ3) is 2.39. The van der Waals surface area contributed by atoms with Crippen LogP contribution < -0.4 is 5.73 Å². The third-order valence-corrected chi connectivity index (χ3v) is 1.78. The van der Waals surface area contributed by atoms with Crippen LogP contribution in [0.2, 0.25) is 0 Å². The molecule has 0 heterocycles. The molecule has 0 fully saturated rings. The van der Waals surface area contributed by atoms with Gasteiger partial charge in [0.2, 0.25) is 0 Å². The van der Waals surface area contributed by atoms with Gasteiger partial charge in [-0.2, -0.15) is 13.2 Å². The summed E-state index contributed by atoms with van der Waals surface area (Å²) in [5.41, 5.74) is 3.70. The van der Waals surface area contributed by atoms with Crippen molar-refractivity contribution >= 4 is 11.7 Å². The van der Waals surface area contributed by atoms with E-state index in [4.69, 9.17) is 5.73 Å². The van der Waals surface area contributed by atoms with E-state index in [1.807, 2.05) is 0 Å². The number of ether oxygens (including phenoxy) is 1. The van der Waals surface area contributed by atoms with Crippen LogP contribution in [0.5, 0.6) is 0 Å². The number of hydrogen-bond acceptors (Lipinski definition) is 3. The van der Waals surface area contributed by atoms with Gasteiger partial charge in [0.05, 0.1) is 18.2 Å². The van der Waals surface area contributed by atoms with Gasteiger partial charge in [-0.05, 0) is 18.2 Å². The molecule has 0 atom stereocenters. The molecule has 1 aromatic rings. The van der Waals surface area contributed by atoms with Gasteiger partial charge in [-0.15, -0.1) is 0 Å². The van der Waals surface area contributed by atoms with Crippen LogP contribution in [0.3, 0.4) is 0 Å². The first-order valence-electron chi connectivity index (χ1n) is 3.91. The van der Waals surface area contributed by atoms with Crippen LogP contribution in [-0.4, -0.2) is 13.1 Å². The molecule has 0 aromatic heterocycles. The summed E-state index contributed by atoms with van der Waals surface area (Å²) in [6, 6.07) is 2.71. The van der Waals surface area contributed by atoms with Crippen LogP contribution in [0.15, 0.2) is 18.2 Å². The van der Waals surface area contributed by atoms with Crippen molar-refractivity contribution in [2.24, 2.45) is 0 Å². The molecule has 0 spiro atoms. The fourth-order valence-electron chi connectivity index (χ4n) is 1.07. The molecule has 0 radical (unpaired) electrons. The summed E-state index contributed by atoms with van der Waals surface area (Å²) in [6.45, 7) is 0. The highest BCUT2D eigenvalue weighted by molar-refractivity contribution is 5.90. The molecule has 1 rings (SSSR count). The van der Waals surface area contributed by atoms with Crippen molar-refractivity contribution in [1.29, 1.82) is 0 Å². The fraction of sp³-hybridized carbons (Fsp3) is 0.222. The van der Waals surface area contributed by atoms with Crippen LogP contribution in [0.25, 0.3) is 0 Å². The van der Waals surface area contributed by atoms with Gasteiger partial charge in [0.25, 0.3) is 0 Å². The minimum absolute atomic E-state index is 0.0111. The van der Waals surface area contributed by atoms with E-state index in [1.54, 1.807) is 0 Å². The number of carbonyl (C=O) groups is 1. The number of benzene rings is 1. The smallest absolute Gasteiger partial charge is 0.418 e. The highest BCUT2D eigenvalue weighted by atomic mass is 19.4. The summed E-state index contributed by atoms with van der Waals surface area (Å²) >= 11 is 0. The average molecular weight is 219 g/mol. The summed E-state index contributed by atoms with van der Waals surface area (Å²) in [6.07, 6.45) is -4.52. The van der Waals surface area contributed by atoms with E-state index in [0.29, 0.717) is 0 Å². The molecular weight excluding hydrogens is 211 g/mol. The van der Waals surface area contributed by atoms with Crippen molar-refractivity contribution in [2.75, 3.05) is 12.8 Å². The number of hydrogen-bond donors (Lipinski definition) is 1. The predicted octanol–water partition coefficient (Wildman–Crippen LogP) is 2.07. The molecule has 0 bridgehead atoms. The first-order chi connectivity index (χ1) is 6.86. The molecule has 3 nitrogen and oxygen atoms in total. The minimum Gasteiger partial charge on any atom is -0.465 e. The first kappa shape index (κ1) is 11.4. The molecule has 1 aromatic carbocycles. The maximum atomic E-state index is 12.3. The first-order valence-corrected chi connectivity index (χ1v) is 3.91. The van der Waals surface area contributed by atoms with Crippen molar-refractivity contribution < 1.29 is 22.7 Å². The van der Waals surface area contributed by atoms with E-state index in [1.165, 1.54) is 0 Å². The molecule has 0 amide bonds. The number of carbonyl (C=O) groups excluding carboxylic acids is 1. The number of anilines is 1. The van der Waals surface area contributed by atoms with Crippen molar-refractivity contribution in [3.63, 3.8) is 0 Å². The Labute approximate surface area is 83.6 Å². The SMILES string of the molecule is COC(=O)c1ccc(C(F)(F)F)c(N)c1. The second kappa shape index (κ2) is 3.80. The number of nitrogens with two attached hydrogens (primary N) is 1. The molecule has 6 heteroatoms. The summed E-state index contributed by atoms with van der Waals surface area (Å²) in [5, 5.41) is 0. The lowest BCUT2D eigenvalue weighted by Gasteiger charge is -2.10. The van der Waals surface area contributed by atoms with Gasteiger partial charge in [0.1, 0.15) is 0 Å². The Hall–Kier alpha value is -1.72. The number of nitrogen functional groups attached to an aromatic ring is 1. The topological polar surface area (TPSA) is 52.3 Å². The second-order valence-electron chi connectivity index (χ2n) is 2.79. The maximum Gasteiger partial charge on any atom is 0.418 e. The quantitative estimate of drug-likeness (QED) is 0.581. The molecule has 0 saturated carbocycles. The highest BCUT2D eigenvalue weighted by Crippen LogP contribution is 2.33. The monoisotopic (exact) mass is 219 g/mol. The van der Waals surface area contributed by atoms with Gasteiger partial charge >= 0.3 is 12.1 Å². The molecule has 0 aliphatic heterocycles. The zero-order valence-corrected chi connectivity index (χ0v) is 7.76. The van der Waals surface area contributed by atoms with Gasteiger partial charge in [0, 0.05) is 5.69 Å². The maximum absolute atomic E-state index is 12.3. The van der Waals surface area contributed by atoms with Crippen molar-refractivity contribution in [1.82, 2.24) is 0 Å². The van der Waals surface area contributed by atoms with Gasteiger partial charge in [-0.25, -0.2) is 4.79 Å². The van der Waals surface area contributed by atoms with E-state index < -0.39 is 23.4 Å². The molecule has 2 N–H and O–H groups in total. The Morgan fingerprint density at radius 1 is 1.40 bits per heavy atom. The Kier molecular flexibility index (Phi) is 2.88. The zero-order chi connectivity index (χ0) is 11.6. The molecule has 15 heavy (non-hydrogen) atoms. The molecule has 82 valence electrons. The fourth-order valence-corrected chi connectivity index (χ4v) is 1.07. The van der Waals surface area contributed by atoms with Crippen molar-refractivity contribution in [3.8, 4) is 0 Å². The van der Waals surface area contributed by atoms with E-state index in [9.17, 15) is 18.0 Å². The largest absolute Gasteiger partial charge is 0.465 e. The predicted molar refractivity (Wildman–Crippen MR) is 47.2 cm³/mol. The molecule has 0 unspecified atom stereocenters. The molecule has 0 saturated heterocycles.